The molecule has 1 aromatic heterocycles. The lowest BCUT2D eigenvalue weighted by atomic mass is 9.91. The normalized spacial score (nSPS) is 19.1. The van der Waals surface area contributed by atoms with Crippen LogP contribution in [0.1, 0.15) is 18.9 Å². The molecule has 1 N–H and O–H groups in total. The number of piperidine rings is 1. The van der Waals surface area contributed by atoms with Crippen LogP contribution in [0.4, 0.5) is 19.4 Å². The van der Waals surface area contributed by atoms with Crippen molar-refractivity contribution in [2.45, 2.75) is 13.3 Å². The maximum Gasteiger partial charge on any atom is 0.323 e. The molecule has 1 aliphatic rings. The van der Waals surface area contributed by atoms with Crippen LogP contribution in [0.3, 0.4) is 0 Å². The predicted octanol–water partition coefficient (Wildman–Crippen LogP) is 3.71. The van der Waals surface area contributed by atoms with Crippen LogP contribution in [0.5, 0.6) is 0 Å². The minimum atomic E-state index is -0.859. The fraction of sp³-hybridized carbons (Fsp3) is 0.278. The molecule has 0 radical (unpaired) electrons. The molecular weight excluding hydrogens is 326 g/mol. The van der Waals surface area contributed by atoms with E-state index in [0.717, 1.165) is 11.6 Å². The molecule has 2 aromatic rings. The van der Waals surface area contributed by atoms with Crippen molar-refractivity contribution in [2.75, 3.05) is 18.4 Å². The minimum absolute atomic E-state index is 0.120. The third kappa shape index (κ3) is 4.17. The number of benzene rings is 1. The number of halogens is 2. The van der Waals surface area contributed by atoms with Gasteiger partial charge in [0.2, 0.25) is 0 Å². The lowest BCUT2D eigenvalue weighted by molar-refractivity contribution is 0.197. The van der Waals surface area contributed by atoms with Crippen LogP contribution < -0.4 is 5.32 Å². The lowest BCUT2D eigenvalue weighted by Gasteiger charge is -2.33. The van der Waals surface area contributed by atoms with E-state index in [1.165, 1.54) is 12.3 Å². The van der Waals surface area contributed by atoms with Gasteiger partial charge in [-0.25, -0.2) is 13.6 Å². The van der Waals surface area contributed by atoms with Gasteiger partial charge < -0.3 is 4.90 Å². The van der Waals surface area contributed by atoms with Crippen LogP contribution in [0.2, 0.25) is 0 Å². The standard InChI is InChI=1S/C18H18F2N4O/c1-12-11-24(18(25)22-17-3-2-7-21-23-17)8-6-14(12)9-13-4-5-15(19)16(20)10-13/h2-5,7,9-10,12H,6,8,11H2,1H3,(H,22,23,25). The predicted molar refractivity (Wildman–Crippen MR) is 90.7 cm³/mol. The maximum absolute atomic E-state index is 13.3. The number of hydrogen-bond acceptors (Lipinski definition) is 3. The Morgan fingerprint density at radius 2 is 2.16 bits per heavy atom. The summed E-state index contributed by atoms with van der Waals surface area (Å²) in [6.45, 7) is 3.10. The van der Waals surface area contributed by atoms with E-state index >= 15 is 0 Å². The van der Waals surface area contributed by atoms with Crippen molar-refractivity contribution in [1.82, 2.24) is 15.1 Å². The molecule has 7 heteroatoms. The number of carbonyl (C=O) groups is 1. The van der Waals surface area contributed by atoms with Gasteiger partial charge >= 0.3 is 6.03 Å². The van der Waals surface area contributed by atoms with Gasteiger partial charge in [0.05, 0.1) is 0 Å². The highest BCUT2D eigenvalue weighted by atomic mass is 19.2. The Morgan fingerprint density at radius 3 is 2.84 bits per heavy atom. The van der Waals surface area contributed by atoms with Gasteiger partial charge in [0, 0.05) is 19.3 Å². The second kappa shape index (κ2) is 7.38. The first-order chi connectivity index (χ1) is 12.0. The van der Waals surface area contributed by atoms with Gasteiger partial charge in [-0.05, 0) is 42.2 Å². The Bertz CT molecular complexity index is 795. The molecule has 130 valence electrons. The number of anilines is 1. The van der Waals surface area contributed by atoms with Crippen molar-refractivity contribution in [1.29, 1.82) is 0 Å². The first-order valence-corrected chi connectivity index (χ1v) is 8.02. The summed E-state index contributed by atoms with van der Waals surface area (Å²) in [5.41, 5.74) is 1.73. The Balaban J connectivity index is 1.64. The van der Waals surface area contributed by atoms with Gasteiger partial charge in [-0.2, -0.15) is 5.10 Å². The van der Waals surface area contributed by atoms with Gasteiger partial charge in [-0.3, -0.25) is 5.32 Å². The molecule has 1 aromatic carbocycles. The number of carbonyl (C=O) groups excluding carboxylic acids is 1. The molecule has 3 rings (SSSR count). The van der Waals surface area contributed by atoms with Gasteiger partial charge in [0.25, 0.3) is 0 Å². The van der Waals surface area contributed by atoms with Gasteiger partial charge in [-0.1, -0.05) is 24.6 Å². The molecule has 0 saturated carbocycles. The number of likely N-dealkylation sites (tertiary alicyclic amines) is 1. The highest BCUT2D eigenvalue weighted by molar-refractivity contribution is 5.88. The van der Waals surface area contributed by atoms with Crippen molar-refractivity contribution in [3.05, 3.63) is 59.3 Å². The molecule has 25 heavy (non-hydrogen) atoms. The minimum Gasteiger partial charge on any atom is -0.324 e. The van der Waals surface area contributed by atoms with Crippen molar-refractivity contribution in [2.24, 2.45) is 5.92 Å². The number of nitrogens with zero attached hydrogens (tertiary/aromatic N) is 3. The average Bonchev–Trinajstić information content (AvgIpc) is 2.60. The summed E-state index contributed by atoms with van der Waals surface area (Å²) in [7, 11) is 0. The van der Waals surface area contributed by atoms with Gasteiger partial charge in [0.1, 0.15) is 0 Å². The van der Waals surface area contributed by atoms with Crippen LogP contribution >= 0.6 is 0 Å². The Hall–Kier alpha value is -2.83. The molecule has 1 saturated heterocycles. The molecule has 1 atom stereocenters. The van der Waals surface area contributed by atoms with Gasteiger partial charge in [-0.15, -0.1) is 5.10 Å². The second-order valence-corrected chi connectivity index (χ2v) is 6.03. The third-order valence-electron chi connectivity index (χ3n) is 4.19. The number of amides is 2. The van der Waals surface area contributed by atoms with E-state index in [1.54, 1.807) is 23.1 Å². The molecule has 0 bridgehead atoms. The fourth-order valence-electron chi connectivity index (χ4n) is 2.82. The molecule has 5 nitrogen and oxygen atoms in total. The molecule has 1 aliphatic heterocycles. The SMILES string of the molecule is CC1CN(C(=O)Nc2cccnn2)CCC1=Cc1ccc(F)c(F)c1. The molecule has 0 spiro atoms. The monoisotopic (exact) mass is 344 g/mol. The zero-order chi connectivity index (χ0) is 17.8. The zero-order valence-electron chi connectivity index (χ0n) is 13.7. The van der Waals surface area contributed by atoms with Crippen molar-refractivity contribution in [3.8, 4) is 0 Å². The van der Waals surface area contributed by atoms with Crippen molar-refractivity contribution < 1.29 is 13.6 Å². The number of urea groups is 1. The number of hydrogen-bond donors (Lipinski definition) is 1. The van der Waals surface area contributed by atoms with Crippen LogP contribution in [0, 0.1) is 17.6 Å². The summed E-state index contributed by atoms with van der Waals surface area (Å²) in [6.07, 6.45) is 4.08. The Kier molecular flexibility index (Phi) is 5.02. The van der Waals surface area contributed by atoms with E-state index in [0.29, 0.717) is 30.9 Å². The molecule has 2 heterocycles. The van der Waals surface area contributed by atoms with Crippen LogP contribution in [-0.2, 0) is 0 Å². The van der Waals surface area contributed by atoms with Crippen LogP contribution in [-0.4, -0.2) is 34.2 Å². The maximum atomic E-state index is 13.3. The van der Waals surface area contributed by atoms with Crippen molar-refractivity contribution in [3.63, 3.8) is 0 Å². The first kappa shape index (κ1) is 17.0. The van der Waals surface area contributed by atoms with E-state index in [-0.39, 0.29) is 11.9 Å². The van der Waals surface area contributed by atoms with E-state index < -0.39 is 11.6 Å². The quantitative estimate of drug-likeness (QED) is 0.903. The largest absolute Gasteiger partial charge is 0.324 e. The summed E-state index contributed by atoms with van der Waals surface area (Å²) in [4.78, 5) is 14.0. The molecular formula is C18H18F2N4O. The Labute approximate surface area is 144 Å². The topological polar surface area (TPSA) is 58.1 Å². The first-order valence-electron chi connectivity index (χ1n) is 8.02. The number of rotatable bonds is 2. The molecule has 1 fully saturated rings. The summed E-state index contributed by atoms with van der Waals surface area (Å²) < 4.78 is 26.3. The lowest BCUT2D eigenvalue weighted by Crippen LogP contribution is -2.42. The van der Waals surface area contributed by atoms with E-state index in [9.17, 15) is 13.6 Å². The van der Waals surface area contributed by atoms with E-state index in [4.69, 9.17) is 0 Å². The van der Waals surface area contributed by atoms with Crippen LogP contribution in [0.15, 0.2) is 42.1 Å². The number of aromatic nitrogens is 2. The molecule has 0 aliphatic carbocycles. The summed E-state index contributed by atoms with van der Waals surface area (Å²) in [5, 5.41) is 10.3. The smallest absolute Gasteiger partial charge is 0.323 e. The summed E-state index contributed by atoms with van der Waals surface area (Å²) >= 11 is 0. The third-order valence-corrected chi connectivity index (χ3v) is 4.19. The fourth-order valence-corrected chi connectivity index (χ4v) is 2.82. The van der Waals surface area contributed by atoms with E-state index in [2.05, 4.69) is 15.5 Å². The Morgan fingerprint density at radius 1 is 1.32 bits per heavy atom. The summed E-state index contributed by atoms with van der Waals surface area (Å²) in [5.74, 6) is -1.19. The highest BCUT2D eigenvalue weighted by Gasteiger charge is 2.24. The van der Waals surface area contributed by atoms with E-state index in [1.807, 2.05) is 13.0 Å². The zero-order valence-corrected chi connectivity index (χ0v) is 13.7. The number of nitrogens with one attached hydrogen (secondary N) is 1. The van der Waals surface area contributed by atoms with Crippen molar-refractivity contribution >= 4 is 17.9 Å². The summed E-state index contributed by atoms with van der Waals surface area (Å²) in [6, 6.07) is 7.00. The average molecular weight is 344 g/mol. The van der Waals surface area contributed by atoms with Gasteiger partial charge in [0.15, 0.2) is 17.5 Å². The second-order valence-electron chi connectivity index (χ2n) is 6.03. The highest BCUT2D eigenvalue weighted by Crippen LogP contribution is 2.25. The molecule has 1 unspecified atom stereocenters. The van der Waals surface area contributed by atoms with Crippen LogP contribution in [0.25, 0.3) is 6.08 Å². The molecule has 2 amide bonds.